The summed E-state index contributed by atoms with van der Waals surface area (Å²) in [4.78, 5) is 15.8. The van der Waals surface area contributed by atoms with Crippen LogP contribution in [0.5, 0.6) is 0 Å². The van der Waals surface area contributed by atoms with E-state index in [4.69, 9.17) is 6.42 Å². The van der Waals surface area contributed by atoms with Gasteiger partial charge in [0, 0.05) is 18.5 Å². The van der Waals surface area contributed by atoms with Gasteiger partial charge in [-0.15, -0.1) is 12.3 Å². The van der Waals surface area contributed by atoms with Gasteiger partial charge in [-0.2, -0.15) is 5.10 Å². The Labute approximate surface area is 104 Å². The quantitative estimate of drug-likeness (QED) is 0.786. The number of terminal acetylenes is 1. The van der Waals surface area contributed by atoms with Gasteiger partial charge in [0.25, 0.3) is 0 Å². The molecule has 0 bridgehead atoms. The molecule has 2 aromatic rings. The number of H-pyrrole nitrogens is 1. The maximum absolute atomic E-state index is 11.4. The van der Waals surface area contributed by atoms with Gasteiger partial charge >= 0.3 is 5.69 Å². The Bertz CT molecular complexity index is 649. The number of nitrogens with zero attached hydrogens (tertiary/aromatic N) is 3. The van der Waals surface area contributed by atoms with Crippen molar-refractivity contribution >= 4 is 11.5 Å². The lowest BCUT2D eigenvalue weighted by Crippen LogP contribution is -2.20. The first-order valence-corrected chi connectivity index (χ1v) is 5.80. The molecule has 2 N–H and O–H groups in total. The summed E-state index contributed by atoms with van der Waals surface area (Å²) in [6, 6.07) is 1.90. The van der Waals surface area contributed by atoms with Crippen LogP contribution in [0.2, 0.25) is 0 Å². The van der Waals surface area contributed by atoms with Crippen LogP contribution in [0.25, 0.3) is 5.65 Å². The molecule has 1 atom stereocenters. The van der Waals surface area contributed by atoms with E-state index in [0.29, 0.717) is 23.7 Å². The number of aromatic nitrogens is 4. The smallest absolute Gasteiger partial charge is 0.349 e. The summed E-state index contributed by atoms with van der Waals surface area (Å²) in [6.45, 7) is 3.82. The molecule has 2 aromatic heterocycles. The first-order chi connectivity index (χ1) is 8.65. The largest absolute Gasteiger partial charge is 0.366 e. The maximum atomic E-state index is 11.4. The highest BCUT2D eigenvalue weighted by Gasteiger charge is 2.09. The van der Waals surface area contributed by atoms with E-state index < -0.39 is 0 Å². The second-order valence-electron chi connectivity index (χ2n) is 4.07. The van der Waals surface area contributed by atoms with Crippen molar-refractivity contribution in [1.82, 2.24) is 19.6 Å². The molecule has 0 aliphatic rings. The Balaban J connectivity index is 2.35. The fraction of sp³-hybridized carbons (Fsp3) is 0.417. The van der Waals surface area contributed by atoms with Crippen molar-refractivity contribution in [2.45, 2.75) is 32.7 Å². The van der Waals surface area contributed by atoms with Crippen LogP contribution in [0.15, 0.2) is 10.9 Å². The van der Waals surface area contributed by atoms with Gasteiger partial charge in [0.05, 0.1) is 0 Å². The van der Waals surface area contributed by atoms with Crippen molar-refractivity contribution in [2.24, 2.45) is 0 Å². The molecule has 1 unspecified atom stereocenters. The lowest BCUT2D eigenvalue weighted by molar-refractivity contribution is 0.710. The summed E-state index contributed by atoms with van der Waals surface area (Å²) >= 11 is 0. The number of hydrogen-bond donors (Lipinski definition) is 2. The van der Waals surface area contributed by atoms with Crippen molar-refractivity contribution in [1.29, 1.82) is 0 Å². The van der Waals surface area contributed by atoms with Crippen LogP contribution in [0, 0.1) is 19.3 Å². The Morgan fingerprint density at radius 1 is 1.67 bits per heavy atom. The minimum Gasteiger partial charge on any atom is -0.366 e. The van der Waals surface area contributed by atoms with Crippen LogP contribution in [-0.4, -0.2) is 25.6 Å². The van der Waals surface area contributed by atoms with Gasteiger partial charge in [-0.05, 0) is 13.3 Å². The zero-order chi connectivity index (χ0) is 13.1. The minimum atomic E-state index is -0.280. The Morgan fingerprint density at radius 2 is 2.44 bits per heavy atom. The normalized spacial score (nSPS) is 12.3. The standard InChI is InChI=1S/C12H15N5O/c1-4-6-9(5-2)14-10-7-11-15-16-12(18)17(11)8(3)13-10/h1,7,9,14H,5-6H2,2-3H3,(H,16,18). The molecule has 0 spiro atoms. The SMILES string of the molecule is C#CCC(CC)Nc1cc2n[nH]c(=O)n2c(C)n1. The van der Waals surface area contributed by atoms with Crippen molar-refractivity contribution in [3.8, 4) is 12.3 Å². The number of rotatable bonds is 4. The van der Waals surface area contributed by atoms with E-state index in [-0.39, 0.29) is 11.7 Å². The monoisotopic (exact) mass is 245 g/mol. The van der Waals surface area contributed by atoms with Gasteiger partial charge in [0.1, 0.15) is 11.6 Å². The molecular weight excluding hydrogens is 230 g/mol. The van der Waals surface area contributed by atoms with Gasteiger partial charge in [0.15, 0.2) is 5.65 Å². The van der Waals surface area contributed by atoms with Crippen LogP contribution in [0.1, 0.15) is 25.6 Å². The number of hydrogen-bond acceptors (Lipinski definition) is 4. The Morgan fingerprint density at radius 3 is 3.11 bits per heavy atom. The summed E-state index contributed by atoms with van der Waals surface area (Å²) in [5, 5.41) is 9.57. The molecule has 6 nitrogen and oxygen atoms in total. The van der Waals surface area contributed by atoms with Crippen LogP contribution < -0.4 is 11.0 Å². The fourth-order valence-electron chi connectivity index (χ4n) is 1.82. The minimum absolute atomic E-state index is 0.176. The molecule has 94 valence electrons. The molecule has 0 fully saturated rings. The van der Waals surface area contributed by atoms with Crippen molar-refractivity contribution in [3.05, 3.63) is 22.4 Å². The molecule has 0 amide bonds. The number of fused-ring (bicyclic) bond motifs is 1. The highest BCUT2D eigenvalue weighted by atomic mass is 16.1. The second-order valence-corrected chi connectivity index (χ2v) is 4.07. The van der Waals surface area contributed by atoms with E-state index in [1.54, 1.807) is 13.0 Å². The van der Waals surface area contributed by atoms with Gasteiger partial charge in [-0.1, -0.05) is 6.92 Å². The molecule has 2 rings (SSSR count). The number of aromatic amines is 1. The topological polar surface area (TPSA) is 75.1 Å². The van der Waals surface area contributed by atoms with E-state index in [2.05, 4.69) is 33.3 Å². The van der Waals surface area contributed by atoms with Gasteiger partial charge in [0.2, 0.25) is 0 Å². The molecule has 0 aromatic carbocycles. The molecule has 18 heavy (non-hydrogen) atoms. The van der Waals surface area contributed by atoms with Crippen LogP contribution in [0.3, 0.4) is 0 Å². The summed E-state index contributed by atoms with van der Waals surface area (Å²) in [5.74, 6) is 3.90. The van der Waals surface area contributed by atoms with Gasteiger partial charge in [-0.25, -0.2) is 19.3 Å². The highest BCUT2D eigenvalue weighted by molar-refractivity contribution is 5.50. The molecule has 0 saturated carbocycles. The number of aryl methyl sites for hydroxylation is 1. The van der Waals surface area contributed by atoms with E-state index >= 15 is 0 Å². The lowest BCUT2D eigenvalue weighted by Gasteiger charge is -2.15. The summed E-state index contributed by atoms with van der Waals surface area (Å²) in [5.41, 5.74) is 0.266. The zero-order valence-electron chi connectivity index (χ0n) is 10.4. The predicted molar refractivity (Wildman–Crippen MR) is 69.5 cm³/mol. The first-order valence-electron chi connectivity index (χ1n) is 5.80. The Hall–Kier alpha value is -2.29. The van der Waals surface area contributed by atoms with E-state index in [0.717, 1.165) is 6.42 Å². The average Bonchev–Trinajstić information content (AvgIpc) is 2.71. The lowest BCUT2D eigenvalue weighted by atomic mass is 10.1. The average molecular weight is 245 g/mol. The Kier molecular flexibility index (Phi) is 3.33. The first kappa shape index (κ1) is 12.2. The second kappa shape index (κ2) is 4.92. The van der Waals surface area contributed by atoms with Crippen molar-refractivity contribution in [3.63, 3.8) is 0 Å². The predicted octanol–water partition coefficient (Wildman–Crippen LogP) is 0.940. The van der Waals surface area contributed by atoms with E-state index in [9.17, 15) is 4.79 Å². The van der Waals surface area contributed by atoms with Crippen LogP contribution in [0.4, 0.5) is 5.82 Å². The highest BCUT2D eigenvalue weighted by Crippen LogP contribution is 2.11. The van der Waals surface area contributed by atoms with E-state index in [1.165, 1.54) is 4.40 Å². The zero-order valence-corrected chi connectivity index (χ0v) is 10.4. The van der Waals surface area contributed by atoms with Crippen LogP contribution >= 0.6 is 0 Å². The third-order valence-corrected chi connectivity index (χ3v) is 2.78. The molecule has 0 saturated heterocycles. The van der Waals surface area contributed by atoms with Gasteiger partial charge < -0.3 is 5.32 Å². The summed E-state index contributed by atoms with van der Waals surface area (Å²) in [7, 11) is 0. The molecule has 0 radical (unpaired) electrons. The van der Waals surface area contributed by atoms with E-state index in [1.807, 2.05) is 0 Å². The third kappa shape index (κ3) is 2.20. The number of anilines is 1. The summed E-state index contributed by atoms with van der Waals surface area (Å²) in [6.07, 6.45) is 6.85. The number of nitrogens with one attached hydrogen (secondary N) is 2. The van der Waals surface area contributed by atoms with Crippen LogP contribution in [-0.2, 0) is 0 Å². The van der Waals surface area contributed by atoms with Crippen molar-refractivity contribution in [2.75, 3.05) is 5.32 Å². The fourth-order valence-corrected chi connectivity index (χ4v) is 1.82. The molecule has 6 heteroatoms. The molecule has 0 aliphatic carbocycles. The third-order valence-electron chi connectivity index (χ3n) is 2.78. The molecule has 0 aliphatic heterocycles. The summed E-state index contributed by atoms with van der Waals surface area (Å²) < 4.78 is 1.42. The maximum Gasteiger partial charge on any atom is 0.349 e. The van der Waals surface area contributed by atoms with Crippen molar-refractivity contribution < 1.29 is 0 Å². The molecule has 2 heterocycles. The van der Waals surface area contributed by atoms with Gasteiger partial charge in [-0.3, -0.25) is 0 Å². The molecular formula is C12H15N5O.